The van der Waals surface area contributed by atoms with Crippen LogP contribution in [0.3, 0.4) is 0 Å². The SMILES string of the molecule is COC(=O)c1c(NC(=O)/C=C/c2cccc([N+](=O)[O-])c2)sc2c1CCC(C(C)(C)C)C2. The number of hydrogen-bond acceptors (Lipinski definition) is 6. The molecule has 0 radical (unpaired) electrons. The van der Waals surface area contributed by atoms with Crippen molar-refractivity contribution in [2.45, 2.75) is 40.0 Å². The number of nitro groups is 1. The lowest BCUT2D eigenvalue weighted by atomic mass is 9.72. The van der Waals surface area contributed by atoms with E-state index in [9.17, 15) is 19.7 Å². The van der Waals surface area contributed by atoms with Crippen molar-refractivity contribution in [2.24, 2.45) is 11.3 Å². The van der Waals surface area contributed by atoms with Gasteiger partial charge in [0.05, 0.1) is 17.6 Å². The zero-order valence-electron chi connectivity index (χ0n) is 18.1. The maximum atomic E-state index is 12.5. The summed E-state index contributed by atoms with van der Waals surface area (Å²) in [7, 11) is 1.33. The van der Waals surface area contributed by atoms with E-state index in [4.69, 9.17) is 4.74 Å². The summed E-state index contributed by atoms with van der Waals surface area (Å²) in [4.78, 5) is 36.5. The Hall–Kier alpha value is -3.00. The molecule has 2 aromatic rings. The van der Waals surface area contributed by atoms with Crippen molar-refractivity contribution in [1.82, 2.24) is 0 Å². The smallest absolute Gasteiger partial charge is 0.341 e. The summed E-state index contributed by atoms with van der Waals surface area (Å²) in [6.07, 6.45) is 5.43. The number of thiophene rings is 1. The molecule has 1 N–H and O–H groups in total. The van der Waals surface area contributed by atoms with Crippen molar-refractivity contribution >= 4 is 40.0 Å². The monoisotopic (exact) mass is 442 g/mol. The Kier molecular flexibility index (Phi) is 6.59. The standard InChI is InChI=1S/C23H26N2O5S/c1-23(2,3)15-9-10-17-18(13-15)31-21(20(17)22(27)30-4)24-19(26)11-8-14-6-5-7-16(12-14)25(28)29/h5-8,11-12,15H,9-10,13H2,1-4H3,(H,24,26)/b11-8+. The zero-order chi connectivity index (χ0) is 22.8. The first-order chi connectivity index (χ1) is 14.6. The molecule has 7 nitrogen and oxygen atoms in total. The highest BCUT2D eigenvalue weighted by molar-refractivity contribution is 7.17. The Balaban J connectivity index is 1.83. The van der Waals surface area contributed by atoms with Crippen LogP contribution in [0.2, 0.25) is 0 Å². The maximum absolute atomic E-state index is 12.5. The fraction of sp³-hybridized carbons (Fsp3) is 0.391. The third-order valence-corrected chi connectivity index (χ3v) is 6.79. The van der Waals surface area contributed by atoms with Crippen LogP contribution in [-0.4, -0.2) is 23.9 Å². The Morgan fingerprint density at radius 2 is 2.06 bits per heavy atom. The number of methoxy groups -OCH3 is 1. The molecule has 1 amide bonds. The highest BCUT2D eigenvalue weighted by Gasteiger charge is 2.34. The van der Waals surface area contributed by atoms with Crippen LogP contribution in [0, 0.1) is 21.4 Å². The molecule has 0 saturated heterocycles. The minimum atomic E-state index is -0.485. The number of carbonyl (C=O) groups is 2. The van der Waals surface area contributed by atoms with Gasteiger partial charge in [0.2, 0.25) is 5.91 Å². The Morgan fingerprint density at radius 3 is 2.71 bits per heavy atom. The average Bonchev–Trinajstić information content (AvgIpc) is 3.08. The lowest BCUT2D eigenvalue weighted by Crippen LogP contribution is -2.26. The van der Waals surface area contributed by atoms with E-state index in [0.29, 0.717) is 22.0 Å². The van der Waals surface area contributed by atoms with Gasteiger partial charge in [0.15, 0.2) is 0 Å². The van der Waals surface area contributed by atoms with Crippen LogP contribution in [-0.2, 0) is 22.4 Å². The van der Waals surface area contributed by atoms with E-state index in [1.165, 1.54) is 42.7 Å². The van der Waals surface area contributed by atoms with E-state index in [1.54, 1.807) is 12.1 Å². The molecular weight excluding hydrogens is 416 g/mol. The molecule has 8 heteroatoms. The van der Waals surface area contributed by atoms with Crippen LogP contribution in [0.25, 0.3) is 6.08 Å². The molecule has 0 aliphatic heterocycles. The third kappa shape index (κ3) is 5.19. The molecule has 0 bridgehead atoms. The number of benzene rings is 1. The van der Waals surface area contributed by atoms with Crippen molar-refractivity contribution in [3.05, 3.63) is 62.0 Å². The van der Waals surface area contributed by atoms with Gasteiger partial charge in [-0.1, -0.05) is 32.9 Å². The number of ether oxygens (including phenoxy) is 1. The minimum Gasteiger partial charge on any atom is -0.465 e. The molecule has 0 fully saturated rings. The second-order valence-electron chi connectivity index (χ2n) is 8.68. The molecular formula is C23H26N2O5S. The maximum Gasteiger partial charge on any atom is 0.341 e. The first-order valence-corrected chi connectivity index (χ1v) is 10.9. The largest absolute Gasteiger partial charge is 0.465 e. The first-order valence-electron chi connectivity index (χ1n) is 10.1. The number of anilines is 1. The fourth-order valence-corrected chi connectivity index (χ4v) is 5.12. The molecule has 3 rings (SSSR count). The highest BCUT2D eigenvalue weighted by Crippen LogP contribution is 2.44. The summed E-state index contributed by atoms with van der Waals surface area (Å²) in [6.45, 7) is 6.66. The predicted molar refractivity (Wildman–Crippen MR) is 121 cm³/mol. The molecule has 1 heterocycles. The summed E-state index contributed by atoms with van der Waals surface area (Å²) in [5.74, 6) is -0.367. The molecule has 1 aliphatic rings. The Morgan fingerprint density at radius 1 is 1.32 bits per heavy atom. The topological polar surface area (TPSA) is 98.5 Å². The number of rotatable bonds is 5. The van der Waals surface area contributed by atoms with Crippen LogP contribution < -0.4 is 5.32 Å². The zero-order valence-corrected chi connectivity index (χ0v) is 18.9. The summed E-state index contributed by atoms with van der Waals surface area (Å²) in [5.41, 5.74) is 2.06. The second kappa shape index (κ2) is 9.01. The normalized spacial score (nSPS) is 16.1. The van der Waals surface area contributed by atoms with Gasteiger partial charge in [-0.15, -0.1) is 11.3 Å². The lowest BCUT2D eigenvalue weighted by Gasteiger charge is -2.33. The molecule has 1 unspecified atom stereocenters. The van der Waals surface area contributed by atoms with Gasteiger partial charge >= 0.3 is 5.97 Å². The molecule has 0 saturated carbocycles. The number of nitro benzene ring substituents is 1. The molecule has 31 heavy (non-hydrogen) atoms. The van der Waals surface area contributed by atoms with Gasteiger partial charge in [0, 0.05) is 23.1 Å². The number of hydrogen-bond donors (Lipinski definition) is 1. The number of carbonyl (C=O) groups excluding carboxylic acids is 2. The van der Waals surface area contributed by atoms with Crippen LogP contribution in [0.15, 0.2) is 30.3 Å². The van der Waals surface area contributed by atoms with Gasteiger partial charge in [0.25, 0.3) is 5.69 Å². The number of nitrogens with zero attached hydrogens (tertiary/aromatic N) is 1. The van der Waals surface area contributed by atoms with E-state index in [2.05, 4.69) is 26.1 Å². The summed E-state index contributed by atoms with van der Waals surface area (Å²) < 4.78 is 4.98. The lowest BCUT2D eigenvalue weighted by molar-refractivity contribution is -0.384. The van der Waals surface area contributed by atoms with Crippen LogP contribution in [0.4, 0.5) is 10.7 Å². The van der Waals surface area contributed by atoms with Gasteiger partial charge < -0.3 is 10.1 Å². The molecule has 1 atom stereocenters. The summed E-state index contributed by atoms with van der Waals surface area (Å²) in [6, 6.07) is 6.01. The quantitative estimate of drug-likeness (QED) is 0.295. The average molecular weight is 443 g/mol. The summed E-state index contributed by atoms with van der Waals surface area (Å²) in [5, 5.41) is 14.2. The van der Waals surface area contributed by atoms with E-state index < -0.39 is 16.8 Å². The van der Waals surface area contributed by atoms with Crippen molar-refractivity contribution in [3.8, 4) is 0 Å². The minimum absolute atomic E-state index is 0.0464. The Labute approximate surface area is 185 Å². The van der Waals surface area contributed by atoms with E-state index in [-0.39, 0.29) is 11.1 Å². The third-order valence-electron chi connectivity index (χ3n) is 5.62. The number of fused-ring (bicyclic) bond motifs is 1. The summed E-state index contributed by atoms with van der Waals surface area (Å²) >= 11 is 1.43. The first kappa shape index (κ1) is 22.7. The van der Waals surface area contributed by atoms with Crippen LogP contribution >= 0.6 is 11.3 Å². The molecule has 1 aliphatic carbocycles. The van der Waals surface area contributed by atoms with Crippen molar-refractivity contribution < 1.29 is 19.2 Å². The molecule has 0 spiro atoms. The Bertz CT molecular complexity index is 1050. The van der Waals surface area contributed by atoms with Crippen molar-refractivity contribution in [1.29, 1.82) is 0 Å². The number of amides is 1. The second-order valence-corrected chi connectivity index (χ2v) is 9.79. The van der Waals surface area contributed by atoms with Gasteiger partial charge in [-0.3, -0.25) is 14.9 Å². The molecule has 1 aromatic heterocycles. The predicted octanol–water partition coefficient (Wildman–Crippen LogP) is 5.25. The molecule has 164 valence electrons. The van der Waals surface area contributed by atoms with Gasteiger partial charge in [0.1, 0.15) is 5.00 Å². The van der Waals surface area contributed by atoms with Crippen LogP contribution in [0.5, 0.6) is 0 Å². The van der Waals surface area contributed by atoms with E-state index in [1.807, 2.05) is 0 Å². The number of esters is 1. The van der Waals surface area contributed by atoms with Gasteiger partial charge in [-0.25, -0.2) is 4.79 Å². The number of nitrogens with one attached hydrogen (secondary N) is 1. The van der Waals surface area contributed by atoms with Gasteiger partial charge in [-0.2, -0.15) is 0 Å². The fourth-order valence-electron chi connectivity index (χ4n) is 3.80. The van der Waals surface area contributed by atoms with Crippen molar-refractivity contribution in [2.75, 3.05) is 12.4 Å². The van der Waals surface area contributed by atoms with E-state index >= 15 is 0 Å². The van der Waals surface area contributed by atoms with E-state index in [0.717, 1.165) is 29.7 Å². The van der Waals surface area contributed by atoms with Crippen molar-refractivity contribution in [3.63, 3.8) is 0 Å². The van der Waals surface area contributed by atoms with Gasteiger partial charge in [-0.05, 0) is 47.8 Å². The highest BCUT2D eigenvalue weighted by atomic mass is 32.1. The number of non-ortho nitro benzene ring substituents is 1. The molecule has 1 aromatic carbocycles. The van der Waals surface area contributed by atoms with Crippen LogP contribution in [0.1, 0.15) is 53.6 Å².